The van der Waals surface area contributed by atoms with Gasteiger partial charge in [-0.05, 0) is 59.7 Å². The summed E-state index contributed by atoms with van der Waals surface area (Å²) < 4.78 is 13.4. The maximum absolute atomic E-state index is 13.4. The van der Waals surface area contributed by atoms with E-state index in [0.29, 0.717) is 12.4 Å². The summed E-state index contributed by atoms with van der Waals surface area (Å²) in [6, 6.07) is 22.2. The molecule has 0 bridgehead atoms. The average Bonchev–Trinajstić information content (AvgIpc) is 2.85. The Labute approximate surface area is 185 Å². The highest BCUT2D eigenvalue weighted by Gasteiger charge is 2.11. The molecule has 3 aromatic heterocycles. The Morgan fingerprint density at radius 2 is 1.66 bits per heavy atom. The standard InChI is InChI=1S/C26H20FN5/c27-21-9-6-18(7-10-21)19-8-11-24-23(16-19)26(30-15-12-22-5-1-2-14-29-22)32-25(31-24)20-4-3-13-28-17-20/h1-11,13-14,16-17H,12,15H2,(H,30,31,32). The number of halogens is 1. The van der Waals surface area contributed by atoms with Crippen LogP contribution in [-0.4, -0.2) is 26.5 Å². The second-order valence-electron chi connectivity index (χ2n) is 7.37. The minimum absolute atomic E-state index is 0.254. The van der Waals surface area contributed by atoms with E-state index in [0.717, 1.165) is 45.5 Å². The quantitative estimate of drug-likeness (QED) is 0.390. The first-order chi connectivity index (χ1) is 15.8. The summed E-state index contributed by atoms with van der Waals surface area (Å²) in [7, 11) is 0. The Morgan fingerprint density at radius 1 is 0.781 bits per heavy atom. The van der Waals surface area contributed by atoms with Gasteiger partial charge in [-0.25, -0.2) is 14.4 Å². The maximum Gasteiger partial charge on any atom is 0.163 e. The van der Waals surface area contributed by atoms with Gasteiger partial charge in [0, 0.05) is 48.2 Å². The average molecular weight is 421 g/mol. The van der Waals surface area contributed by atoms with Crippen molar-refractivity contribution in [3.05, 3.63) is 103 Å². The predicted molar refractivity (Wildman–Crippen MR) is 125 cm³/mol. The van der Waals surface area contributed by atoms with Crippen molar-refractivity contribution in [1.29, 1.82) is 0 Å². The van der Waals surface area contributed by atoms with Crippen molar-refractivity contribution in [2.45, 2.75) is 6.42 Å². The third kappa shape index (κ3) is 4.30. The van der Waals surface area contributed by atoms with Gasteiger partial charge in [-0.2, -0.15) is 0 Å². The van der Waals surface area contributed by atoms with Gasteiger partial charge in [0.2, 0.25) is 0 Å². The fourth-order valence-electron chi connectivity index (χ4n) is 3.56. The molecule has 0 fully saturated rings. The second kappa shape index (κ2) is 8.89. The van der Waals surface area contributed by atoms with Crippen molar-refractivity contribution in [3.63, 3.8) is 0 Å². The Bertz CT molecular complexity index is 1340. The van der Waals surface area contributed by atoms with Crippen molar-refractivity contribution in [2.24, 2.45) is 0 Å². The summed E-state index contributed by atoms with van der Waals surface area (Å²) in [5.41, 5.74) is 4.60. The van der Waals surface area contributed by atoms with Gasteiger partial charge >= 0.3 is 0 Å². The highest BCUT2D eigenvalue weighted by atomic mass is 19.1. The second-order valence-corrected chi connectivity index (χ2v) is 7.37. The highest BCUT2D eigenvalue weighted by Crippen LogP contribution is 2.29. The number of benzene rings is 2. The van der Waals surface area contributed by atoms with Gasteiger partial charge in [0.05, 0.1) is 5.52 Å². The Balaban J connectivity index is 1.54. The first-order valence-electron chi connectivity index (χ1n) is 10.4. The fraction of sp³-hybridized carbons (Fsp3) is 0.0769. The molecule has 0 aliphatic carbocycles. The Kier molecular flexibility index (Phi) is 5.49. The van der Waals surface area contributed by atoms with Crippen LogP contribution in [0.4, 0.5) is 10.2 Å². The number of anilines is 1. The van der Waals surface area contributed by atoms with E-state index in [2.05, 4.69) is 15.3 Å². The smallest absolute Gasteiger partial charge is 0.163 e. The van der Waals surface area contributed by atoms with Crippen LogP contribution in [0.15, 0.2) is 91.4 Å². The molecule has 0 amide bonds. The van der Waals surface area contributed by atoms with Crippen molar-refractivity contribution >= 4 is 16.7 Å². The molecule has 0 aliphatic rings. The zero-order chi connectivity index (χ0) is 21.8. The van der Waals surface area contributed by atoms with E-state index in [1.807, 2.05) is 48.5 Å². The van der Waals surface area contributed by atoms with Crippen LogP contribution in [-0.2, 0) is 6.42 Å². The lowest BCUT2D eigenvalue weighted by atomic mass is 10.0. The minimum atomic E-state index is -0.254. The Morgan fingerprint density at radius 3 is 2.44 bits per heavy atom. The van der Waals surface area contributed by atoms with Gasteiger partial charge in [0.1, 0.15) is 11.6 Å². The first-order valence-corrected chi connectivity index (χ1v) is 10.4. The van der Waals surface area contributed by atoms with Gasteiger partial charge < -0.3 is 5.32 Å². The lowest BCUT2D eigenvalue weighted by molar-refractivity contribution is 0.628. The van der Waals surface area contributed by atoms with Crippen LogP contribution in [0.1, 0.15) is 5.69 Å². The van der Waals surface area contributed by atoms with E-state index in [9.17, 15) is 4.39 Å². The van der Waals surface area contributed by atoms with Gasteiger partial charge in [-0.1, -0.05) is 24.3 Å². The molecular weight excluding hydrogens is 401 g/mol. The van der Waals surface area contributed by atoms with Crippen molar-refractivity contribution in [3.8, 4) is 22.5 Å². The number of hydrogen-bond acceptors (Lipinski definition) is 5. The summed E-state index contributed by atoms with van der Waals surface area (Å²) >= 11 is 0. The molecule has 0 saturated carbocycles. The first kappa shape index (κ1) is 19.8. The lowest BCUT2D eigenvalue weighted by Crippen LogP contribution is -2.09. The molecule has 0 radical (unpaired) electrons. The molecular formula is C26H20FN5. The van der Waals surface area contributed by atoms with Crippen molar-refractivity contribution in [1.82, 2.24) is 19.9 Å². The van der Waals surface area contributed by atoms with Crippen LogP contribution in [0.5, 0.6) is 0 Å². The Hall–Kier alpha value is -4.19. The molecule has 156 valence electrons. The summed E-state index contributed by atoms with van der Waals surface area (Å²) in [4.78, 5) is 18.1. The summed E-state index contributed by atoms with van der Waals surface area (Å²) in [5, 5.41) is 4.37. The largest absolute Gasteiger partial charge is 0.369 e. The number of nitrogens with one attached hydrogen (secondary N) is 1. The van der Waals surface area contributed by atoms with Gasteiger partial charge in [-0.15, -0.1) is 0 Å². The minimum Gasteiger partial charge on any atom is -0.369 e. The molecule has 0 atom stereocenters. The molecule has 5 rings (SSSR count). The van der Waals surface area contributed by atoms with E-state index in [-0.39, 0.29) is 5.82 Å². The topological polar surface area (TPSA) is 63.6 Å². The molecule has 0 saturated heterocycles. The molecule has 1 N–H and O–H groups in total. The summed E-state index contributed by atoms with van der Waals surface area (Å²) in [5.74, 6) is 1.10. The van der Waals surface area contributed by atoms with Crippen LogP contribution in [0, 0.1) is 5.82 Å². The maximum atomic E-state index is 13.4. The molecule has 0 unspecified atom stereocenters. The van der Waals surface area contributed by atoms with Crippen LogP contribution < -0.4 is 5.32 Å². The van der Waals surface area contributed by atoms with Crippen LogP contribution in [0.2, 0.25) is 0 Å². The molecule has 0 aliphatic heterocycles. The van der Waals surface area contributed by atoms with Gasteiger partial charge in [0.15, 0.2) is 5.82 Å². The van der Waals surface area contributed by atoms with Crippen LogP contribution >= 0.6 is 0 Å². The van der Waals surface area contributed by atoms with E-state index in [1.54, 1.807) is 30.7 Å². The molecule has 0 spiro atoms. The molecule has 6 heteroatoms. The molecule has 32 heavy (non-hydrogen) atoms. The number of nitrogens with zero attached hydrogens (tertiary/aromatic N) is 4. The van der Waals surface area contributed by atoms with E-state index >= 15 is 0 Å². The molecule has 5 aromatic rings. The normalized spacial score (nSPS) is 10.9. The number of pyridine rings is 2. The van der Waals surface area contributed by atoms with Crippen molar-refractivity contribution < 1.29 is 4.39 Å². The predicted octanol–water partition coefficient (Wildman–Crippen LogP) is 5.55. The molecule has 5 nitrogen and oxygen atoms in total. The molecule has 2 aromatic carbocycles. The van der Waals surface area contributed by atoms with E-state index in [1.165, 1.54) is 12.1 Å². The fourth-order valence-corrected chi connectivity index (χ4v) is 3.56. The number of rotatable bonds is 6. The zero-order valence-corrected chi connectivity index (χ0v) is 17.2. The third-order valence-corrected chi connectivity index (χ3v) is 5.19. The zero-order valence-electron chi connectivity index (χ0n) is 17.2. The van der Waals surface area contributed by atoms with Crippen LogP contribution in [0.3, 0.4) is 0 Å². The van der Waals surface area contributed by atoms with Crippen molar-refractivity contribution in [2.75, 3.05) is 11.9 Å². The van der Waals surface area contributed by atoms with Crippen LogP contribution in [0.25, 0.3) is 33.4 Å². The summed E-state index contributed by atoms with van der Waals surface area (Å²) in [6.07, 6.45) is 6.05. The monoisotopic (exact) mass is 421 g/mol. The third-order valence-electron chi connectivity index (χ3n) is 5.19. The molecule has 3 heterocycles. The van der Waals surface area contributed by atoms with E-state index < -0.39 is 0 Å². The summed E-state index contributed by atoms with van der Waals surface area (Å²) in [6.45, 7) is 0.677. The van der Waals surface area contributed by atoms with E-state index in [4.69, 9.17) is 9.97 Å². The van der Waals surface area contributed by atoms with Gasteiger partial charge in [-0.3, -0.25) is 9.97 Å². The number of hydrogen-bond donors (Lipinski definition) is 1. The SMILES string of the molecule is Fc1ccc(-c2ccc3nc(-c4cccnc4)nc(NCCc4ccccn4)c3c2)cc1. The highest BCUT2D eigenvalue weighted by molar-refractivity contribution is 5.94. The van der Waals surface area contributed by atoms with Gasteiger partial charge in [0.25, 0.3) is 0 Å². The number of aromatic nitrogens is 4. The lowest BCUT2D eigenvalue weighted by Gasteiger charge is -2.12. The number of fused-ring (bicyclic) bond motifs is 1.